The van der Waals surface area contributed by atoms with Crippen LogP contribution >= 0.6 is 0 Å². The molecule has 1 aromatic rings. The average Bonchev–Trinajstić information content (AvgIpc) is 2.80. The van der Waals surface area contributed by atoms with E-state index in [1.807, 2.05) is 0 Å². The fourth-order valence-electron chi connectivity index (χ4n) is 6.05. The third-order valence-electron chi connectivity index (χ3n) is 7.71. The minimum Gasteiger partial charge on any atom is -0.510 e. The molecule has 0 bridgehead atoms. The van der Waals surface area contributed by atoms with Gasteiger partial charge in [-0.2, -0.15) is 0 Å². The zero-order valence-electron chi connectivity index (χ0n) is 21.2. The van der Waals surface area contributed by atoms with Gasteiger partial charge in [0.15, 0.2) is 5.60 Å². The number of ketones is 1. The number of aliphatic hydroxyl groups excluding tert-OH is 2. The lowest BCUT2D eigenvalue weighted by Gasteiger charge is -2.51. The van der Waals surface area contributed by atoms with Crippen LogP contribution in [0.4, 0.5) is 5.69 Å². The van der Waals surface area contributed by atoms with E-state index in [-0.39, 0.29) is 29.5 Å². The maximum Gasteiger partial charge on any atom is 0.254 e. The molecule has 2 amide bonds. The molecule has 198 valence electrons. The Morgan fingerprint density at radius 1 is 1.19 bits per heavy atom. The Hall–Kier alpha value is -3.90. The number of phenols is 1. The van der Waals surface area contributed by atoms with Gasteiger partial charge in [0, 0.05) is 38.3 Å². The first kappa shape index (κ1) is 26.2. The zero-order chi connectivity index (χ0) is 27.7. The third-order valence-corrected chi connectivity index (χ3v) is 7.71. The monoisotopic (exact) mass is 513 g/mol. The van der Waals surface area contributed by atoms with Gasteiger partial charge in [0.05, 0.1) is 22.9 Å². The van der Waals surface area contributed by atoms with Crippen LogP contribution < -0.4 is 16.0 Å². The molecule has 3 aliphatic carbocycles. The number of aromatic hydroxyl groups is 1. The van der Waals surface area contributed by atoms with Crippen molar-refractivity contribution >= 4 is 34.8 Å². The lowest BCUT2D eigenvalue weighted by Crippen LogP contribution is -2.67. The number of primary amides is 1. The first-order valence-electron chi connectivity index (χ1n) is 11.7. The fourth-order valence-corrected chi connectivity index (χ4v) is 6.05. The largest absolute Gasteiger partial charge is 0.510 e. The van der Waals surface area contributed by atoms with Crippen LogP contribution in [0.1, 0.15) is 27.9 Å². The van der Waals surface area contributed by atoms with Crippen LogP contribution in [-0.2, 0) is 16.0 Å². The number of hydrogen-bond acceptors (Lipinski definition) is 10. The van der Waals surface area contributed by atoms with E-state index < -0.39 is 69.6 Å². The number of likely N-dealkylation sites (N-methyl/N-ethyl adjacent to an activating group) is 1. The summed E-state index contributed by atoms with van der Waals surface area (Å²) in [4.78, 5) is 41.8. The molecule has 0 aromatic heterocycles. The van der Waals surface area contributed by atoms with Gasteiger partial charge in [-0.1, -0.05) is 0 Å². The Bertz CT molecular complexity index is 1330. The molecular formula is C25H31N5O7. The summed E-state index contributed by atoms with van der Waals surface area (Å²) in [5.74, 6) is -6.11. The van der Waals surface area contributed by atoms with Gasteiger partial charge >= 0.3 is 0 Å². The number of benzene rings is 1. The number of nitrogens with zero attached hydrogens (tertiary/aromatic N) is 2. The SMILES string of the molecule is CNC(=O)c1cc(N(C)C)c2c(c1O)C(O)=C1C(=O)[C@]3(O)C(=N)C(C(N)=O)=C(O)[C@@H](N(C)C)[C@@H]3C[C@@H]1C2. The van der Waals surface area contributed by atoms with Gasteiger partial charge in [0.2, 0.25) is 5.78 Å². The number of anilines is 1. The van der Waals surface area contributed by atoms with Crippen LogP contribution in [-0.4, -0.2) is 95.5 Å². The van der Waals surface area contributed by atoms with Crippen molar-refractivity contribution in [1.82, 2.24) is 10.2 Å². The molecule has 8 N–H and O–H groups in total. The van der Waals surface area contributed by atoms with Crippen molar-refractivity contribution in [3.63, 3.8) is 0 Å². The predicted octanol–water partition coefficient (Wildman–Crippen LogP) is -0.160. The second-order valence-corrected chi connectivity index (χ2v) is 10.1. The molecule has 3 aliphatic rings. The van der Waals surface area contributed by atoms with E-state index in [2.05, 4.69) is 5.32 Å². The number of fused-ring (bicyclic) bond motifs is 3. The molecule has 1 fully saturated rings. The first-order valence-corrected chi connectivity index (χ1v) is 11.7. The predicted molar refractivity (Wildman–Crippen MR) is 135 cm³/mol. The lowest BCUT2D eigenvalue weighted by atomic mass is 9.56. The van der Waals surface area contributed by atoms with E-state index in [0.29, 0.717) is 11.3 Å². The number of amides is 2. The van der Waals surface area contributed by atoms with Gasteiger partial charge in [0.1, 0.15) is 22.8 Å². The highest BCUT2D eigenvalue weighted by Gasteiger charge is 2.63. The van der Waals surface area contributed by atoms with Crippen LogP contribution in [0.5, 0.6) is 5.75 Å². The van der Waals surface area contributed by atoms with E-state index in [4.69, 9.17) is 11.1 Å². The van der Waals surface area contributed by atoms with E-state index >= 15 is 0 Å². The van der Waals surface area contributed by atoms with Crippen molar-refractivity contribution in [3.05, 3.63) is 39.7 Å². The molecule has 0 aliphatic heterocycles. The summed E-state index contributed by atoms with van der Waals surface area (Å²) in [6.45, 7) is 0. The molecule has 1 saturated carbocycles. The molecule has 12 heteroatoms. The molecule has 4 rings (SSSR count). The number of aliphatic hydroxyl groups is 3. The summed E-state index contributed by atoms with van der Waals surface area (Å²) in [6.07, 6.45) is 0.232. The van der Waals surface area contributed by atoms with Gasteiger partial charge in [-0.05, 0) is 44.5 Å². The first-order chi connectivity index (χ1) is 17.2. The highest BCUT2D eigenvalue weighted by molar-refractivity contribution is 6.34. The van der Waals surface area contributed by atoms with Crippen molar-refractivity contribution in [1.29, 1.82) is 5.41 Å². The quantitative estimate of drug-likeness (QED) is 0.286. The standard InChI is InChI=1S/C25H31N5O7/c1-28-24(36)11-8-13(29(2)3)10-6-9-7-12-17(30(4)5)20(33)16(23(27)35)21(26)25(12,37)22(34)14(9)19(32)15(10)18(11)31/h8-9,12,17,26,31-33,37H,6-7H2,1-5H3,(H2,27,35)(H,28,36)/t9-,12-,17-,25+/m0/s1. The number of nitrogens with one attached hydrogen (secondary N) is 2. The molecular weight excluding hydrogens is 482 g/mol. The number of hydrogen-bond donors (Lipinski definition) is 7. The summed E-state index contributed by atoms with van der Waals surface area (Å²) in [6, 6.07) is 0.492. The Kier molecular flexibility index (Phi) is 6.08. The maximum atomic E-state index is 13.9. The summed E-state index contributed by atoms with van der Waals surface area (Å²) >= 11 is 0. The van der Waals surface area contributed by atoms with Gasteiger partial charge in [-0.15, -0.1) is 0 Å². The molecule has 37 heavy (non-hydrogen) atoms. The van der Waals surface area contributed by atoms with Gasteiger partial charge in [-0.3, -0.25) is 19.3 Å². The van der Waals surface area contributed by atoms with Crippen molar-refractivity contribution in [2.24, 2.45) is 17.6 Å². The van der Waals surface area contributed by atoms with E-state index in [9.17, 15) is 34.8 Å². The summed E-state index contributed by atoms with van der Waals surface area (Å²) in [5, 5.41) is 56.0. The van der Waals surface area contributed by atoms with Crippen molar-refractivity contribution in [2.45, 2.75) is 24.5 Å². The Morgan fingerprint density at radius 3 is 2.32 bits per heavy atom. The molecule has 0 heterocycles. The fraction of sp³-hybridized carbons (Fsp3) is 0.440. The highest BCUT2D eigenvalue weighted by Crippen LogP contribution is 2.53. The van der Waals surface area contributed by atoms with Crippen molar-refractivity contribution < 1.29 is 34.8 Å². The van der Waals surface area contributed by atoms with Crippen LogP contribution in [0.3, 0.4) is 0 Å². The van der Waals surface area contributed by atoms with Gasteiger partial charge < -0.3 is 41.8 Å². The molecule has 0 radical (unpaired) electrons. The molecule has 1 aromatic carbocycles. The second-order valence-electron chi connectivity index (χ2n) is 10.1. The van der Waals surface area contributed by atoms with E-state index in [1.165, 1.54) is 18.0 Å². The minimum atomic E-state index is -2.57. The minimum absolute atomic E-state index is 0.0627. The Labute approximate surface area is 213 Å². The van der Waals surface area contributed by atoms with E-state index in [1.54, 1.807) is 33.1 Å². The number of rotatable bonds is 4. The smallest absolute Gasteiger partial charge is 0.254 e. The van der Waals surface area contributed by atoms with Crippen molar-refractivity contribution in [2.75, 3.05) is 40.1 Å². The van der Waals surface area contributed by atoms with Crippen LogP contribution in [0.25, 0.3) is 5.76 Å². The second kappa shape index (κ2) is 8.60. The molecule has 0 spiro atoms. The van der Waals surface area contributed by atoms with Crippen LogP contribution in [0, 0.1) is 17.2 Å². The summed E-state index contributed by atoms with van der Waals surface area (Å²) in [5.41, 5.74) is 1.96. The number of carbonyl (C=O) groups is 3. The third kappa shape index (κ3) is 3.43. The molecule has 4 atom stereocenters. The Balaban J connectivity index is 2.00. The number of Topliss-reactive ketones (excluding diaryl/α,β-unsaturated/α-hetero) is 1. The molecule has 12 nitrogen and oxygen atoms in total. The van der Waals surface area contributed by atoms with Gasteiger partial charge in [-0.25, -0.2) is 0 Å². The van der Waals surface area contributed by atoms with Crippen LogP contribution in [0.2, 0.25) is 0 Å². The number of nitrogens with two attached hydrogens (primary N) is 1. The van der Waals surface area contributed by atoms with Crippen molar-refractivity contribution in [3.8, 4) is 5.75 Å². The topological polar surface area (TPSA) is 201 Å². The summed E-state index contributed by atoms with van der Waals surface area (Å²) in [7, 11) is 8.06. The maximum absolute atomic E-state index is 13.9. The molecule has 0 saturated heterocycles. The number of phenolic OH excluding ortho intramolecular Hbond substituents is 1. The van der Waals surface area contributed by atoms with E-state index in [0.717, 1.165) is 0 Å². The summed E-state index contributed by atoms with van der Waals surface area (Å²) < 4.78 is 0. The average molecular weight is 514 g/mol. The molecule has 0 unspecified atom stereocenters. The van der Waals surface area contributed by atoms with Crippen LogP contribution in [0.15, 0.2) is 23.0 Å². The lowest BCUT2D eigenvalue weighted by molar-refractivity contribution is -0.138. The number of carbonyl (C=O) groups excluding carboxylic acids is 3. The highest BCUT2D eigenvalue weighted by atomic mass is 16.3. The Morgan fingerprint density at radius 2 is 1.81 bits per heavy atom. The normalized spacial score (nSPS) is 27.1. The zero-order valence-corrected chi connectivity index (χ0v) is 21.2. The van der Waals surface area contributed by atoms with Gasteiger partial charge in [0.25, 0.3) is 11.8 Å².